The summed E-state index contributed by atoms with van der Waals surface area (Å²) in [5.41, 5.74) is 2.38. The number of thioether (sulfide) groups is 1. The Morgan fingerprint density at radius 1 is 1.45 bits per heavy atom. The minimum atomic E-state index is -0.0732. The molecule has 0 radical (unpaired) electrons. The lowest BCUT2D eigenvalue weighted by molar-refractivity contribution is -0.0684. The van der Waals surface area contributed by atoms with Crippen LogP contribution in [0.3, 0.4) is 0 Å². The van der Waals surface area contributed by atoms with Gasteiger partial charge < -0.3 is 15.4 Å². The number of hydrogen-bond donors (Lipinski definition) is 2. The number of hydrogen-bond acceptors (Lipinski definition) is 3. The fraction of sp³-hybridized carbons (Fsp3) is 0.588. The Hall–Kier alpha value is -1.20. The van der Waals surface area contributed by atoms with E-state index >= 15 is 0 Å². The molecule has 1 aromatic carbocycles. The average molecular weight is 320 g/mol. The van der Waals surface area contributed by atoms with Crippen molar-refractivity contribution in [3.8, 4) is 0 Å². The molecule has 0 bridgehead atoms. The monoisotopic (exact) mass is 320 g/mol. The number of nitrogens with one attached hydrogen (secondary N) is 2. The van der Waals surface area contributed by atoms with E-state index in [9.17, 15) is 4.79 Å². The highest BCUT2D eigenvalue weighted by molar-refractivity contribution is 7.99. The van der Waals surface area contributed by atoms with Crippen molar-refractivity contribution < 1.29 is 9.53 Å². The Morgan fingerprint density at radius 3 is 3.09 bits per heavy atom. The van der Waals surface area contributed by atoms with Crippen LogP contribution >= 0.6 is 11.8 Å². The van der Waals surface area contributed by atoms with E-state index in [-0.39, 0.29) is 17.7 Å². The maximum Gasteiger partial charge on any atom is 0.315 e. The molecule has 1 spiro atoms. The Morgan fingerprint density at radius 2 is 2.32 bits per heavy atom. The number of urea groups is 1. The first-order valence-corrected chi connectivity index (χ1v) is 9.13. The van der Waals surface area contributed by atoms with Crippen molar-refractivity contribution in [1.29, 1.82) is 0 Å². The predicted molar refractivity (Wildman–Crippen MR) is 90.2 cm³/mol. The van der Waals surface area contributed by atoms with Gasteiger partial charge in [-0.2, -0.15) is 11.8 Å². The van der Waals surface area contributed by atoms with Gasteiger partial charge in [-0.05, 0) is 43.1 Å². The number of carbonyl (C=O) groups excluding carboxylic acids is 1. The molecule has 2 aliphatic rings. The summed E-state index contributed by atoms with van der Waals surface area (Å²) in [4.78, 5) is 12.1. The maximum atomic E-state index is 12.1. The van der Waals surface area contributed by atoms with Crippen LogP contribution in [0.1, 0.15) is 30.4 Å². The zero-order valence-corrected chi connectivity index (χ0v) is 13.9. The number of benzene rings is 1. The minimum absolute atomic E-state index is 0.0108. The SMILES string of the molecule is Cc1ccccc1CNC(=O)N[C@@H]1CCO[C@@]2(CCSC2)C1. The van der Waals surface area contributed by atoms with Crippen LogP contribution in [-0.2, 0) is 11.3 Å². The summed E-state index contributed by atoms with van der Waals surface area (Å²) < 4.78 is 5.99. The van der Waals surface area contributed by atoms with Gasteiger partial charge in [-0.15, -0.1) is 0 Å². The van der Waals surface area contributed by atoms with Crippen LogP contribution in [0.15, 0.2) is 24.3 Å². The Kier molecular flexibility index (Phi) is 4.93. The van der Waals surface area contributed by atoms with Crippen LogP contribution in [0.2, 0.25) is 0 Å². The number of rotatable bonds is 3. The van der Waals surface area contributed by atoms with Crippen LogP contribution in [0.4, 0.5) is 4.79 Å². The van der Waals surface area contributed by atoms with Crippen LogP contribution in [0, 0.1) is 6.92 Å². The third-order valence-electron chi connectivity index (χ3n) is 4.60. The van der Waals surface area contributed by atoms with Gasteiger partial charge in [-0.25, -0.2) is 4.79 Å². The predicted octanol–water partition coefficient (Wildman–Crippen LogP) is 2.85. The first-order chi connectivity index (χ1) is 10.7. The number of aryl methyl sites for hydroxylation is 1. The van der Waals surface area contributed by atoms with Gasteiger partial charge in [0.1, 0.15) is 0 Å². The highest BCUT2D eigenvalue weighted by Crippen LogP contribution is 2.38. The lowest BCUT2D eigenvalue weighted by Gasteiger charge is -2.38. The number of amides is 2. The molecule has 2 amide bonds. The Balaban J connectivity index is 1.48. The minimum Gasteiger partial charge on any atom is -0.374 e. The molecule has 1 aromatic rings. The molecule has 0 unspecified atom stereocenters. The lowest BCUT2D eigenvalue weighted by Crippen LogP contribution is -2.50. The van der Waals surface area contributed by atoms with E-state index in [1.54, 1.807) is 0 Å². The molecule has 2 saturated heterocycles. The van der Waals surface area contributed by atoms with E-state index in [0.717, 1.165) is 37.2 Å². The van der Waals surface area contributed by atoms with E-state index < -0.39 is 0 Å². The number of ether oxygens (including phenoxy) is 1. The topological polar surface area (TPSA) is 50.4 Å². The van der Waals surface area contributed by atoms with Gasteiger partial charge in [-0.3, -0.25) is 0 Å². The molecule has 0 saturated carbocycles. The largest absolute Gasteiger partial charge is 0.374 e. The summed E-state index contributed by atoms with van der Waals surface area (Å²) in [5, 5.41) is 6.09. The van der Waals surface area contributed by atoms with Crippen LogP contribution in [0.5, 0.6) is 0 Å². The second kappa shape index (κ2) is 6.92. The molecule has 2 atom stereocenters. The maximum absolute atomic E-state index is 12.1. The summed E-state index contributed by atoms with van der Waals surface area (Å²) in [7, 11) is 0. The summed E-state index contributed by atoms with van der Waals surface area (Å²) in [6.45, 7) is 3.39. The zero-order chi connectivity index (χ0) is 15.4. The van der Waals surface area contributed by atoms with Crippen LogP contribution in [-0.4, -0.2) is 35.8 Å². The molecule has 0 aliphatic carbocycles. The third-order valence-corrected chi connectivity index (χ3v) is 5.82. The van der Waals surface area contributed by atoms with Crippen molar-refractivity contribution in [3.05, 3.63) is 35.4 Å². The Bertz CT molecular complexity index is 529. The zero-order valence-electron chi connectivity index (χ0n) is 13.1. The lowest BCUT2D eigenvalue weighted by atomic mass is 9.90. The molecule has 3 rings (SSSR count). The molecule has 2 aliphatic heterocycles. The van der Waals surface area contributed by atoms with Gasteiger partial charge >= 0.3 is 6.03 Å². The molecule has 2 N–H and O–H groups in total. The van der Waals surface area contributed by atoms with Gasteiger partial charge in [-0.1, -0.05) is 24.3 Å². The number of carbonyl (C=O) groups is 1. The molecular weight excluding hydrogens is 296 g/mol. The fourth-order valence-corrected chi connectivity index (χ4v) is 4.61. The Labute approximate surface area is 136 Å². The van der Waals surface area contributed by atoms with Gasteiger partial charge in [0.15, 0.2) is 0 Å². The molecule has 22 heavy (non-hydrogen) atoms. The van der Waals surface area contributed by atoms with E-state index in [1.807, 2.05) is 23.9 Å². The molecule has 4 nitrogen and oxygen atoms in total. The molecule has 2 heterocycles. The second-order valence-corrected chi connectivity index (χ2v) is 7.38. The van der Waals surface area contributed by atoms with E-state index in [0.29, 0.717) is 6.54 Å². The highest BCUT2D eigenvalue weighted by Gasteiger charge is 2.40. The summed E-state index contributed by atoms with van der Waals surface area (Å²) in [5.74, 6) is 2.24. The van der Waals surface area contributed by atoms with Gasteiger partial charge in [0.25, 0.3) is 0 Å². The van der Waals surface area contributed by atoms with Crippen molar-refractivity contribution in [3.63, 3.8) is 0 Å². The van der Waals surface area contributed by atoms with Crippen molar-refractivity contribution in [1.82, 2.24) is 10.6 Å². The molecule has 5 heteroatoms. The third kappa shape index (κ3) is 3.76. The average Bonchev–Trinajstić information content (AvgIpc) is 2.94. The van der Waals surface area contributed by atoms with Crippen molar-refractivity contribution in [2.45, 2.75) is 44.4 Å². The summed E-state index contributed by atoms with van der Waals surface area (Å²) in [6.07, 6.45) is 2.96. The fourth-order valence-electron chi connectivity index (χ4n) is 3.23. The molecule has 120 valence electrons. The summed E-state index contributed by atoms with van der Waals surface area (Å²) in [6, 6.07) is 8.28. The standard InChI is InChI=1S/C17H24N2O2S/c1-13-4-2-3-5-14(13)11-18-16(20)19-15-6-8-21-17(10-15)7-9-22-12-17/h2-5,15H,6-12H2,1H3,(H2,18,19,20)/t15-,17+/m1/s1. The normalized spacial score (nSPS) is 27.8. The highest BCUT2D eigenvalue weighted by atomic mass is 32.2. The van der Waals surface area contributed by atoms with E-state index in [1.165, 1.54) is 11.3 Å². The van der Waals surface area contributed by atoms with E-state index in [2.05, 4.69) is 29.7 Å². The quantitative estimate of drug-likeness (QED) is 0.900. The second-order valence-electron chi connectivity index (χ2n) is 6.28. The first kappa shape index (κ1) is 15.7. The summed E-state index contributed by atoms with van der Waals surface area (Å²) >= 11 is 1.96. The molecule has 2 fully saturated rings. The first-order valence-electron chi connectivity index (χ1n) is 7.97. The molecule has 0 aromatic heterocycles. The smallest absolute Gasteiger partial charge is 0.315 e. The van der Waals surface area contributed by atoms with Crippen molar-refractivity contribution in [2.24, 2.45) is 0 Å². The van der Waals surface area contributed by atoms with Crippen molar-refractivity contribution in [2.75, 3.05) is 18.1 Å². The van der Waals surface area contributed by atoms with Crippen LogP contribution < -0.4 is 10.6 Å². The van der Waals surface area contributed by atoms with Gasteiger partial charge in [0.2, 0.25) is 0 Å². The van der Waals surface area contributed by atoms with Crippen molar-refractivity contribution >= 4 is 17.8 Å². The van der Waals surface area contributed by atoms with E-state index in [4.69, 9.17) is 4.74 Å². The van der Waals surface area contributed by atoms with Crippen LogP contribution in [0.25, 0.3) is 0 Å². The van der Waals surface area contributed by atoms with Gasteiger partial charge in [0.05, 0.1) is 5.60 Å². The van der Waals surface area contributed by atoms with Gasteiger partial charge in [0, 0.05) is 24.9 Å². The molecular formula is C17H24N2O2S.